The summed E-state index contributed by atoms with van der Waals surface area (Å²) in [7, 11) is 0. The van der Waals surface area contributed by atoms with Gasteiger partial charge in [0.25, 0.3) is 0 Å². The molecule has 0 aliphatic rings. The van der Waals surface area contributed by atoms with Crippen LogP contribution in [0.2, 0.25) is 0 Å². The normalized spacial score (nSPS) is 11.9. The number of benzene rings is 8. The molecule has 0 fully saturated rings. The molecule has 8 aromatic carbocycles. The number of para-hydroxylation sites is 1. The van der Waals surface area contributed by atoms with Gasteiger partial charge >= 0.3 is 0 Å². The van der Waals surface area contributed by atoms with Crippen LogP contribution in [-0.2, 0) is 0 Å². The number of nitrogens with zero attached hydrogens (tertiary/aromatic N) is 2. The Labute approximate surface area is 266 Å². The van der Waals surface area contributed by atoms with E-state index in [0.29, 0.717) is 0 Å². The van der Waals surface area contributed by atoms with Crippen molar-refractivity contribution in [1.82, 2.24) is 9.13 Å². The highest BCUT2D eigenvalue weighted by Gasteiger charge is 2.19. The van der Waals surface area contributed by atoms with Crippen molar-refractivity contribution in [3.63, 3.8) is 0 Å². The fraction of sp³-hybridized carbons (Fsp3) is 0. The number of rotatable bonds is 3. The van der Waals surface area contributed by atoms with E-state index < -0.39 is 0 Å². The van der Waals surface area contributed by atoms with Gasteiger partial charge in [-0.05, 0) is 93.3 Å². The Morgan fingerprint density at radius 3 is 1.15 bits per heavy atom. The van der Waals surface area contributed by atoms with Crippen molar-refractivity contribution < 1.29 is 0 Å². The molecule has 0 bridgehead atoms. The molecule has 0 aliphatic heterocycles. The van der Waals surface area contributed by atoms with Crippen LogP contribution in [0.3, 0.4) is 0 Å². The van der Waals surface area contributed by atoms with Gasteiger partial charge in [-0.1, -0.05) is 109 Å². The smallest absolute Gasteiger partial charge is 0.0562 e. The van der Waals surface area contributed by atoms with Crippen molar-refractivity contribution in [3.8, 4) is 22.5 Å². The van der Waals surface area contributed by atoms with Crippen molar-refractivity contribution in [3.05, 3.63) is 170 Å². The van der Waals surface area contributed by atoms with E-state index in [1.54, 1.807) is 0 Å². The molecule has 0 saturated carbocycles. The zero-order chi connectivity index (χ0) is 30.2. The van der Waals surface area contributed by atoms with E-state index >= 15 is 0 Å². The monoisotopic (exact) mass is 584 g/mol. The molecule has 0 radical (unpaired) electrons. The minimum atomic E-state index is 1.16. The third-order valence-electron chi connectivity index (χ3n) is 9.63. The maximum Gasteiger partial charge on any atom is 0.0562 e. The molecule has 2 aromatic heterocycles. The Hall–Kier alpha value is -6.12. The number of hydrogen-bond acceptors (Lipinski definition) is 0. The number of hydrogen-bond donors (Lipinski definition) is 0. The molecule has 2 nitrogen and oxygen atoms in total. The van der Waals surface area contributed by atoms with Gasteiger partial charge < -0.3 is 9.13 Å². The van der Waals surface area contributed by atoms with E-state index in [1.807, 2.05) is 0 Å². The fourth-order valence-electron chi connectivity index (χ4n) is 7.46. The van der Waals surface area contributed by atoms with Gasteiger partial charge in [0, 0.05) is 32.9 Å². The van der Waals surface area contributed by atoms with Crippen LogP contribution in [0.25, 0.3) is 87.7 Å². The van der Waals surface area contributed by atoms with Crippen LogP contribution in [0.4, 0.5) is 0 Å². The van der Waals surface area contributed by atoms with Gasteiger partial charge in [-0.3, -0.25) is 0 Å². The lowest BCUT2D eigenvalue weighted by Crippen LogP contribution is -1.96. The first-order chi connectivity index (χ1) is 22.8. The quantitative estimate of drug-likeness (QED) is 0.195. The molecule has 0 N–H and O–H groups in total. The van der Waals surface area contributed by atoms with Crippen molar-refractivity contribution in [2.45, 2.75) is 0 Å². The van der Waals surface area contributed by atoms with Gasteiger partial charge in [-0.2, -0.15) is 0 Å². The summed E-state index contributed by atoms with van der Waals surface area (Å²) in [6, 6.07) is 62.1. The summed E-state index contributed by atoms with van der Waals surface area (Å²) >= 11 is 0. The minimum absolute atomic E-state index is 1.16. The van der Waals surface area contributed by atoms with E-state index in [0.717, 1.165) is 11.4 Å². The molecule has 0 saturated heterocycles. The molecule has 0 aliphatic carbocycles. The second-order valence-electron chi connectivity index (χ2n) is 12.2. The lowest BCUT2D eigenvalue weighted by Gasteiger charge is -2.11. The maximum absolute atomic E-state index is 2.45. The second kappa shape index (κ2) is 9.69. The van der Waals surface area contributed by atoms with E-state index in [4.69, 9.17) is 0 Å². The van der Waals surface area contributed by atoms with Crippen LogP contribution >= 0.6 is 0 Å². The summed E-state index contributed by atoms with van der Waals surface area (Å²) < 4.78 is 4.89. The van der Waals surface area contributed by atoms with Gasteiger partial charge in [-0.15, -0.1) is 0 Å². The molecular weight excluding hydrogens is 556 g/mol. The Morgan fingerprint density at radius 2 is 0.630 bits per heavy atom. The first kappa shape index (κ1) is 25.2. The first-order valence-corrected chi connectivity index (χ1v) is 15.9. The zero-order valence-corrected chi connectivity index (χ0v) is 25.1. The highest BCUT2D eigenvalue weighted by molar-refractivity contribution is 6.22. The molecule has 0 spiro atoms. The fourth-order valence-corrected chi connectivity index (χ4v) is 7.46. The van der Waals surface area contributed by atoms with Gasteiger partial charge in [0.05, 0.1) is 22.1 Å². The average molecular weight is 585 g/mol. The third kappa shape index (κ3) is 3.71. The molecule has 10 aromatic rings. The largest absolute Gasteiger partial charge is 0.309 e. The lowest BCUT2D eigenvalue weighted by atomic mass is 10.0. The SMILES string of the molecule is c1ccc(-c2ccc(-n3c4cc5ccccc5cc4c4cc5c6cc7ccccc7cc6n(-c6ccccc6)c5cc43)cc2)cc1. The van der Waals surface area contributed by atoms with Crippen LogP contribution in [0, 0.1) is 0 Å². The summed E-state index contributed by atoms with van der Waals surface area (Å²) in [5, 5.41) is 10.1. The predicted molar refractivity (Wildman–Crippen MR) is 196 cm³/mol. The third-order valence-corrected chi connectivity index (χ3v) is 9.63. The zero-order valence-electron chi connectivity index (χ0n) is 25.1. The molecule has 10 rings (SSSR count). The lowest BCUT2D eigenvalue weighted by molar-refractivity contribution is 1.17. The van der Waals surface area contributed by atoms with Gasteiger partial charge in [-0.25, -0.2) is 0 Å². The van der Waals surface area contributed by atoms with Crippen LogP contribution in [0.15, 0.2) is 170 Å². The molecule has 0 amide bonds. The van der Waals surface area contributed by atoms with Crippen molar-refractivity contribution >= 4 is 65.2 Å². The Balaban J connectivity index is 1.34. The Bertz CT molecular complexity index is 2770. The molecule has 0 unspecified atom stereocenters. The van der Waals surface area contributed by atoms with Crippen molar-refractivity contribution in [2.24, 2.45) is 0 Å². The van der Waals surface area contributed by atoms with Crippen LogP contribution in [0.5, 0.6) is 0 Å². The average Bonchev–Trinajstić information content (AvgIpc) is 3.60. The number of aromatic nitrogens is 2. The van der Waals surface area contributed by atoms with Crippen LogP contribution < -0.4 is 0 Å². The van der Waals surface area contributed by atoms with Crippen LogP contribution in [0.1, 0.15) is 0 Å². The van der Waals surface area contributed by atoms with E-state index in [9.17, 15) is 0 Å². The summed E-state index contributed by atoms with van der Waals surface area (Å²) in [4.78, 5) is 0. The van der Waals surface area contributed by atoms with E-state index in [-0.39, 0.29) is 0 Å². The summed E-state index contributed by atoms with van der Waals surface area (Å²) in [6.45, 7) is 0. The van der Waals surface area contributed by atoms with Crippen LogP contribution in [-0.4, -0.2) is 9.13 Å². The summed E-state index contributed by atoms with van der Waals surface area (Å²) in [5.74, 6) is 0. The molecule has 2 heterocycles. The Morgan fingerprint density at radius 1 is 0.261 bits per heavy atom. The Kier molecular flexibility index (Phi) is 5.31. The topological polar surface area (TPSA) is 9.86 Å². The summed E-state index contributed by atoms with van der Waals surface area (Å²) in [5.41, 5.74) is 9.61. The summed E-state index contributed by atoms with van der Waals surface area (Å²) in [6.07, 6.45) is 0. The van der Waals surface area contributed by atoms with Crippen molar-refractivity contribution in [2.75, 3.05) is 0 Å². The standard InChI is InChI=1S/C44H28N2/c1-3-11-29(12-4-1)30-19-21-36(22-20-30)46-42-26-34-16-10-8-14-32(34)24-38(42)40-27-39-37-23-31-13-7-9-15-33(31)25-41(37)45(43(39)28-44(40)46)35-17-5-2-6-18-35/h1-28H. The molecule has 0 atom stereocenters. The highest BCUT2D eigenvalue weighted by Crippen LogP contribution is 2.41. The van der Waals surface area contributed by atoms with Gasteiger partial charge in [0.15, 0.2) is 0 Å². The van der Waals surface area contributed by atoms with Gasteiger partial charge in [0.2, 0.25) is 0 Å². The van der Waals surface area contributed by atoms with Gasteiger partial charge in [0.1, 0.15) is 0 Å². The minimum Gasteiger partial charge on any atom is -0.309 e. The molecule has 46 heavy (non-hydrogen) atoms. The molecular formula is C44H28N2. The van der Waals surface area contributed by atoms with E-state index in [2.05, 4.69) is 179 Å². The van der Waals surface area contributed by atoms with E-state index in [1.165, 1.54) is 76.3 Å². The molecule has 214 valence electrons. The highest BCUT2D eigenvalue weighted by atomic mass is 15.0. The molecule has 2 heteroatoms. The maximum atomic E-state index is 2.45. The number of fused-ring (bicyclic) bond motifs is 8. The second-order valence-corrected chi connectivity index (χ2v) is 12.2. The first-order valence-electron chi connectivity index (χ1n) is 15.9. The predicted octanol–water partition coefficient (Wildman–Crippen LogP) is 11.9. The van der Waals surface area contributed by atoms with Crippen molar-refractivity contribution in [1.29, 1.82) is 0 Å².